The van der Waals surface area contributed by atoms with Crippen molar-refractivity contribution in [2.24, 2.45) is 0 Å². The van der Waals surface area contributed by atoms with Gasteiger partial charge in [0, 0.05) is 23.7 Å². The predicted octanol–water partition coefficient (Wildman–Crippen LogP) is 3.58. The number of carbonyl (C=O) groups is 1. The van der Waals surface area contributed by atoms with Crippen molar-refractivity contribution in [2.75, 3.05) is 7.11 Å². The van der Waals surface area contributed by atoms with Gasteiger partial charge in [0.05, 0.1) is 35.6 Å². The van der Waals surface area contributed by atoms with Crippen molar-refractivity contribution in [3.63, 3.8) is 0 Å². The Kier molecular flexibility index (Phi) is 5.25. The van der Waals surface area contributed by atoms with Gasteiger partial charge in [0.25, 0.3) is 6.43 Å². The number of carboxylic acids is 1. The van der Waals surface area contributed by atoms with Gasteiger partial charge in [-0.1, -0.05) is 0 Å². The number of aryl methyl sites for hydroxylation is 2. The fourth-order valence-corrected chi connectivity index (χ4v) is 3.67. The molecular weight excluding hydrogens is 424 g/mol. The number of hydrogen-bond acceptors (Lipinski definition) is 6. The van der Waals surface area contributed by atoms with Crippen LogP contribution in [0.4, 0.5) is 8.78 Å². The van der Waals surface area contributed by atoms with E-state index in [1.54, 1.807) is 19.9 Å². The van der Waals surface area contributed by atoms with Crippen molar-refractivity contribution in [3.05, 3.63) is 47.5 Å². The average molecular weight is 443 g/mol. The molecule has 4 aromatic heterocycles. The van der Waals surface area contributed by atoms with Gasteiger partial charge in [0.2, 0.25) is 11.8 Å². The molecule has 0 aliphatic rings. The minimum Gasteiger partial charge on any atom is -0.494 e. The molecule has 0 saturated heterocycles. The molecule has 11 heteroatoms. The summed E-state index contributed by atoms with van der Waals surface area (Å²) in [7, 11) is 1.33. The molecule has 0 spiro atoms. The number of alkyl halides is 2. The zero-order chi connectivity index (χ0) is 23.2. The normalized spacial score (nSPS) is 11.4. The number of carboxylic acid groups (broad SMARTS) is 1. The summed E-state index contributed by atoms with van der Waals surface area (Å²) in [6.07, 6.45) is 1.71. The van der Waals surface area contributed by atoms with Gasteiger partial charge in [-0.3, -0.25) is 9.25 Å². The fraction of sp³-hybridized carbons (Fsp3) is 0.238. The number of aromatic nitrogens is 5. The Balaban J connectivity index is 1.86. The predicted molar refractivity (Wildman–Crippen MR) is 111 cm³/mol. The van der Waals surface area contributed by atoms with E-state index in [2.05, 4.69) is 15.1 Å². The van der Waals surface area contributed by atoms with Crippen LogP contribution in [-0.4, -0.2) is 54.0 Å². The minimum absolute atomic E-state index is 0.0140. The second kappa shape index (κ2) is 7.91. The van der Waals surface area contributed by atoms with Gasteiger partial charge in [-0.2, -0.15) is 5.10 Å². The van der Waals surface area contributed by atoms with Gasteiger partial charge in [-0.25, -0.2) is 23.5 Å². The molecule has 32 heavy (non-hydrogen) atoms. The van der Waals surface area contributed by atoms with Gasteiger partial charge in [-0.15, -0.1) is 0 Å². The molecule has 9 nitrogen and oxygen atoms in total. The summed E-state index contributed by atoms with van der Waals surface area (Å²) in [5.74, 6) is -1.29. The monoisotopic (exact) mass is 443 g/mol. The van der Waals surface area contributed by atoms with Crippen LogP contribution in [0.3, 0.4) is 0 Å². The highest BCUT2D eigenvalue weighted by Gasteiger charge is 2.21. The number of pyridine rings is 2. The van der Waals surface area contributed by atoms with Gasteiger partial charge < -0.3 is 14.9 Å². The lowest BCUT2D eigenvalue weighted by molar-refractivity contribution is 0.0692. The standard InChI is InChI=1S/C21H19F2N5O4/c1-10-4-15(12-5-14(21(30)31)19(32-3)24-6-12)26-18-11(2)28(20(29)17(10)18)13-7-25-27(8-13)9-16(22)23/h4-8,16,29H,9H2,1-3H3,(H,30,31). The summed E-state index contributed by atoms with van der Waals surface area (Å²) in [6, 6.07) is 3.13. The number of rotatable bonds is 6. The van der Waals surface area contributed by atoms with Crippen LogP contribution in [0.5, 0.6) is 11.8 Å². The second-order valence-corrected chi connectivity index (χ2v) is 7.19. The molecule has 4 rings (SSSR count). The quantitative estimate of drug-likeness (QED) is 0.468. The van der Waals surface area contributed by atoms with E-state index in [4.69, 9.17) is 4.74 Å². The Hall–Kier alpha value is -4.02. The molecule has 0 radical (unpaired) electrons. The zero-order valence-electron chi connectivity index (χ0n) is 17.4. The lowest BCUT2D eigenvalue weighted by Gasteiger charge is -2.08. The number of ether oxygens (including phenoxy) is 1. The maximum absolute atomic E-state index is 12.7. The van der Waals surface area contributed by atoms with E-state index >= 15 is 0 Å². The van der Waals surface area contributed by atoms with E-state index in [1.165, 1.54) is 36.3 Å². The van der Waals surface area contributed by atoms with Gasteiger partial charge in [0.15, 0.2) is 0 Å². The van der Waals surface area contributed by atoms with E-state index in [-0.39, 0.29) is 17.3 Å². The number of aromatic hydroxyl groups is 1. The van der Waals surface area contributed by atoms with Crippen molar-refractivity contribution in [1.82, 2.24) is 24.3 Å². The number of halogens is 2. The third-order valence-electron chi connectivity index (χ3n) is 5.10. The highest BCUT2D eigenvalue weighted by Crippen LogP contribution is 2.37. The first kappa shape index (κ1) is 21.2. The van der Waals surface area contributed by atoms with Crippen molar-refractivity contribution in [2.45, 2.75) is 26.8 Å². The summed E-state index contributed by atoms with van der Waals surface area (Å²) in [6.45, 7) is 2.96. The van der Waals surface area contributed by atoms with E-state index in [1.807, 2.05) is 0 Å². The molecule has 166 valence electrons. The maximum Gasteiger partial charge on any atom is 0.341 e. The van der Waals surface area contributed by atoms with E-state index in [0.717, 1.165) is 4.68 Å². The van der Waals surface area contributed by atoms with Crippen LogP contribution in [-0.2, 0) is 6.54 Å². The fourth-order valence-electron chi connectivity index (χ4n) is 3.67. The third kappa shape index (κ3) is 3.51. The van der Waals surface area contributed by atoms with Crippen molar-refractivity contribution >= 4 is 16.9 Å². The van der Waals surface area contributed by atoms with Crippen LogP contribution in [0.2, 0.25) is 0 Å². The van der Waals surface area contributed by atoms with Crippen molar-refractivity contribution in [1.29, 1.82) is 0 Å². The number of methoxy groups -OCH3 is 1. The van der Waals surface area contributed by atoms with Crippen LogP contribution in [0.25, 0.3) is 27.8 Å². The van der Waals surface area contributed by atoms with E-state index in [0.29, 0.717) is 39.1 Å². The lowest BCUT2D eigenvalue weighted by atomic mass is 10.1. The second-order valence-electron chi connectivity index (χ2n) is 7.19. The summed E-state index contributed by atoms with van der Waals surface area (Å²) in [4.78, 5) is 20.2. The number of aromatic carboxylic acids is 1. The third-order valence-corrected chi connectivity index (χ3v) is 5.10. The molecule has 0 fully saturated rings. The van der Waals surface area contributed by atoms with Crippen LogP contribution in [0, 0.1) is 13.8 Å². The van der Waals surface area contributed by atoms with Crippen LogP contribution in [0.1, 0.15) is 21.6 Å². The Morgan fingerprint density at radius 1 is 1.25 bits per heavy atom. The first-order valence-electron chi connectivity index (χ1n) is 9.51. The summed E-state index contributed by atoms with van der Waals surface area (Å²) in [5, 5.41) is 24.7. The largest absolute Gasteiger partial charge is 0.494 e. The lowest BCUT2D eigenvalue weighted by Crippen LogP contribution is -2.06. The molecule has 0 bridgehead atoms. The first-order valence-corrected chi connectivity index (χ1v) is 9.51. The molecule has 0 saturated carbocycles. The Labute approximate surface area is 180 Å². The number of nitrogens with zero attached hydrogens (tertiary/aromatic N) is 5. The van der Waals surface area contributed by atoms with Crippen LogP contribution >= 0.6 is 0 Å². The Morgan fingerprint density at radius 3 is 2.66 bits per heavy atom. The molecule has 0 aliphatic carbocycles. The van der Waals surface area contributed by atoms with E-state index in [9.17, 15) is 23.8 Å². The number of hydrogen-bond donors (Lipinski definition) is 2. The molecule has 0 atom stereocenters. The van der Waals surface area contributed by atoms with Crippen molar-refractivity contribution in [3.8, 4) is 28.7 Å². The molecule has 4 heterocycles. The van der Waals surface area contributed by atoms with Crippen LogP contribution < -0.4 is 4.74 Å². The van der Waals surface area contributed by atoms with Gasteiger partial charge in [-0.05, 0) is 31.5 Å². The minimum atomic E-state index is -2.55. The van der Waals surface area contributed by atoms with E-state index < -0.39 is 18.9 Å². The molecule has 2 N–H and O–H groups in total. The van der Waals surface area contributed by atoms with Crippen LogP contribution in [0.15, 0.2) is 30.7 Å². The van der Waals surface area contributed by atoms with Crippen molar-refractivity contribution < 1.29 is 28.5 Å². The molecule has 0 aliphatic heterocycles. The Bertz CT molecular complexity index is 1350. The summed E-state index contributed by atoms with van der Waals surface area (Å²) >= 11 is 0. The zero-order valence-corrected chi connectivity index (χ0v) is 17.4. The highest BCUT2D eigenvalue weighted by molar-refractivity contribution is 5.94. The maximum atomic E-state index is 12.7. The van der Waals surface area contributed by atoms with Gasteiger partial charge in [0.1, 0.15) is 12.1 Å². The topological polar surface area (TPSA) is 115 Å². The smallest absolute Gasteiger partial charge is 0.341 e. The average Bonchev–Trinajstić information content (AvgIpc) is 3.29. The SMILES string of the molecule is COc1ncc(-c2cc(C)c3c(O)n(-c4cnn(CC(F)F)c4)c(C)c3n2)cc1C(=O)O. The summed E-state index contributed by atoms with van der Waals surface area (Å²) in [5.41, 5.74) is 2.97. The molecule has 4 aromatic rings. The summed E-state index contributed by atoms with van der Waals surface area (Å²) < 4.78 is 32.9. The first-order chi connectivity index (χ1) is 15.2. The molecule has 0 unspecified atom stereocenters. The Morgan fingerprint density at radius 2 is 2.00 bits per heavy atom. The molecule has 0 amide bonds. The molecule has 0 aromatic carbocycles. The highest BCUT2D eigenvalue weighted by atomic mass is 19.3. The number of fused-ring (bicyclic) bond motifs is 1. The van der Waals surface area contributed by atoms with Gasteiger partial charge >= 0.3 is 5.97 Å². The molecular formula is C21H19F2N5O4.